The quantitative estimate of drug-likeness (QED) is 0.472. The normalized spacial score (nSPS) is 13.2. The van der Waals surface area contributed by atoms with Crippen molar-refractivity contribution in [3.05, 3.63) is 34.2 Å². The lowest BCUT2D eigenvalue weighted by Crippen LogP contribution is -2.46. The molecule has 202 valence electrons. The lowest BCUT2D eigenvalue weighted by Gasteiger charge is -2.34. The Balaban J connectivity index is 2.57. The van der Waals surface area contributed by atoms with Gasteiger partial charge in [-0.25, -0.2) is 9.55 Å². The van der Waals surface area contributed by atoms with Gasteiger partial charge in [0.2, 0.25) is 5.91 Å². The minimum atomic E-state index is -4.78. The molecule has 2 aromatic rings. The molecular weight excluding hydrogens is 485 g/mol. The molecule has 0 aliphatic rings. The Labute approximate surface area is 212 Å². The van der Waals surface area contributed by atoms with Crippen LogP contribution in [0.5, 0.6) is 5.75 Å². The molecule has 1 amide bonds. The van der Waals surface area contributed by atoms with E-state index in [1.54, 1.807) is 18.2 Å². The van der Waals surface area contributed by atoms with Crippen LogP contribution in [0.1, 0.15) is 67.5 Å². The first-order valence-corrected chi connectivity index (χ1v) is 13.4. The van der Waals surface area contributed by atoms with Crippen molar-refractivity contribution in [1.29, 1.82) is 0 Å². The molecule has 10 nitrogen and oxygen atoms in total. The summed E-state index contributed by atoms with van der Waals surface area (Å²) < 4.78 is 23.2. The number of methoxy groups -OCH3 is 1. The number of phosphoric ester groups is 1. The molecule has 0 fully saturated rings. The first-order chi connectivity index (χ1) is 16.2. The molecule has 0 saturated heterocycles. The van der Waals surface area contributed by atoms with Gasteiger partial charge in [-0.1, -0.05) is 41.5 Å². The fourth-order valence-corrected chi connectivity index (χ4v) is 4.50. The van der Waals surface area contributed by atoms with Crippen molar-refractivity contribution in [2.24, 2.45) is 5.41 Å². The largest absolute Gasteiger partial charge is 0.497 e. The average Bonchev–Trinajstić information content (AvgIpc) is 2.69. The topological polar surface area (TPSA) is 131 Å². The molecule has 11 heteroatoms. The average molecular weight is 526 g/mol. The van der Waals surface area contributed by atoms with Gasteiger partial charge in [-0.15, -0.1) is 0 Å². The molecule has 2 N–H and O–H groups in total. The molecule has 1 aromatic heterocycles. The number of amides is 1. The number of ether oxygens (including phenoxy) is 1. The van der Waals surface area contributed by atoms with E-state index in [1.165, 1.54) is 30.4 Å². The first-order valence-electron chi connectivity index (χ1n) is 11.9. The van der Waals surface area contributed by atoms with Crippen molar-refractivity contribution >= 4 is 24.8 Å². The second kappa shape index (κ2) is 10.6. The van der Waals surface area contributed by atoms with E-state index >= 15 is 0 Å². The number of rotatable bonds is 9. The van der Waals surface area contributed by atoms with E-state index in [9.17, 15) is 23.9 Å². The highest BCUT2D eigenvalue weighted by Crippen LogP contribution is 2.41. The Hall–Kier alpha value is -2.26. The van der Waals surface area contributed by atoms with Crippen molar-refractivity contribution < 1.29 is 28.4 Å². The summed E-state index contributed by atoms with van der Waals surface area (Å²) in [5.74, 6) is 0.146. The zero-order chi connectivity index (χ0) is 27.7. The summed E-state index contributed by atoms with van der Waals surface area (Å²) in [5, 5.41) is 0. The predicted molar refractivity (Wildman–Crippen MR) is 139 cm³/mol. The molecule has 36 heavy (non-hydrogen) atoms. The Morgan fingerprint density at radius 1 is 1.11 bits per heavy atom. The van der Waals surface area contributed by atoms with E-state index in [-0.39, 0.29) is 30.0 Å². The highest BCUT2D eigenvalue weighted by Gasteiger charge is 2.33. The van der Waals surface area contributed by atoms with Crippen LogP contribution in [0.25, 0.3) is 11.0 Å². The van der Waals surface area contributed by atoms with Gasteiger partial charge in [-0.3, -0.25) is 18.7 Å². The van der Waals surface area contributed by atoms with Crippen molar-refractivity contribution in [3.63, 3.8) is 0 Å². The maximum atomic E-state index is 13.6. The summed E-state index contributed by atoms with van der Waals surface area (Å²) >= 11 is 0. The zero-order valence-electron chi connectivity index (χ0n) is 22.8. The van der Waals surface area contributed by atoms with Crippen LogP contribution in [0.3, 0.4) is 0 Å². The smallest absolute Gasteiger partial charge is 0.470 e. The van der Waals surface area contributed by atoms with Gasteiger partial charge < -0.3 is 19.4 Å². The highest BCUT2D eigenvalue weighted by molar-refractivity contribution is 7.46. The maximum absolute atomic E-state index is 13.6. The zero-order valence-corrected chi connectivity index (χ0v) is 23.7. The number of carbonyl (C=O) groups is 1. The first kappa shape index (κ1) is 30.0. The van der Waals surface area contributed by atoms with E-state index in [0.717, 1.165) is 0 Å². The van der Waals surface area contributed by atoms with Gasteiger partial charge in [0.15, 0.2) is 0 Å². The van der Waals surface area contributed by atoms with Crippen LogP contribution < -0.4 is 10.3 Å². The Morgan fingerprint density at radius 2 is 1.72 bits per heavy atom. The van der Waals surface area contributed by atoms with Gasteiger partial charge >= 0.3 is 7.82 Å². The van der Waals surface area contributed by atoms with Gasteiger partial charge in [0.25, 0.3) is 5.56 Å². The maximum Gasteiger partial charge on any atom is 0.470 e. The fraction of sp³-hybridized carbons (Fsp3) is 0.640. The summed E-state index contributed by atoms with van der Waals surface area (Å²) in [6, 6.07) is 5.16. The third-order valence-corrected chi connectivity index (χ3v) is 6.31. The molecule has 0 aliphatic heterocycles. The molecule has 0 aliphatic carbocycles. The number of hydrogen-bond donors (Lipinski definition) is 2. The van der Waals surface area contributed by atoms with Crippen molar-refractivity contribution in [2.45, 2.75) is 79.4 Å². The van der Waals surface area contributed by atoms with Gasteiger partial charge in [-0.05, 0) is 37.8 Å². The lowest BCUT2D eigenvalue weighted by molar-refractivity contribution is -0.135. The molecule has 0 bridgehead atoms. The third kappa shape index (κ3) is 8.40. The summed E-state index contributed by atoms with van der Waals surface area (Å²) in [5.41, 5.74) is -1.00. The van der Waals surface area contributed by atoms with Gasteiger partial charge in [0, 0.05) is 24.6 Å². The molecule has 0 atom stereocenters. The summed E-state index contributed by atoms with van der Waals surface area (Å²) in [7, 11) is -3.26. The summed E-state index contributed by atoms with van der Waals surface area (Å²) in [6.45, 7) is 14.8. The number of fused-ring (bicyclic) bond motifs is 1. The number of benzene rings is 1. The molecule has 0 spiro atoms. The van der Waals surface area contributed by atoms with E-state index in [2.05, 4.69) is 4.98 Å². The minimum Gasteiger partial charge on any atom is -0.497 e. The molecule has 1 heterocycles. The highest BCUT2D eigenvalue weighted by atomic mass is 31.2. The molecule has 0 unspecified atom stereocenters. The van der Waals surface area contributed by atoms with Crippen molar-refractivity contribution in [3.8, 4) is 5.75 Å². The standard InChI is InChI=1S/C25H40N3O7P/c1-23(2,3)12-13-27(16-25(7,8)35-36(31,32)33)20(29)15-28-19-14-17(34-9)10-11-18(19)26-21(22(28)30)24(4,5)6/h10-11,14H,12-13,15-16H2,1-9H3,(H2,31,32,33). The predicted octanol–water partition coefficient (Wildman–Crippen LogP) is 3.86. The van der Waals surface area contributed by atoms with Gasteiger partial charge in [-0.2, -0.15) is 0 Å². The monoisotopic (exact) mass is 525 g/mol. The van der Waals surface area contributed by atoms with E-state index in [4.69, 9.17) is 9.26 Å². The summed E-state index contributed by atoms with van der Waals surface area (Å²) in [6.07, 6.45) is 0.637. The Morgan fingerprint density at radius 3 is 2.22 bits per heavy atom. The minimum absolute atomic E-state index is 0.0692. The van der Waals surface area contributed by atoms with Crippen LogP contribution in [0.15, 0.2) is 23.0 Å². The van der Waals surface area contributed by atoms with Crippen LogP contribution in [-0.2, 0) is 25.8 Å². The second-order valence-corrected chi connectivity index (χ2v) is 13.1. The molecule has 0 radical (unpaired) electrons. The SMILES string of the molecule is COc1ccc2nc(C(C)(C)C)c(=O)n(CC(=O)N(CCC(C)(C)C)CC(C)(C)OP(=O)(O)O)c2c1. The Bertz CT molecular complexity index is 1200. The lowest BCUT2D eigenvalue weighted by atomic mass is 9.92. The number of aromatic nitrogens is 2. The molecule has 2 rings (SSSR count). The van der Waals surface area contributed by atoms with Crippen molar-refractivity contribution in [2.75, 3.05) is 20.2 Å². The van der Waals surface area contributed by atoms with Crippen LogP contribution in [0.2, 0.25) is 0 Å². The van der Waals surface area contributed by atoms with Crippen LogP contribution in [0.4, 0.5) is 0 Å². The number of phosphoric acid groups is 1. The van der Waals surface area contributed by atoms with Crippen LogP contribution >= 0.6 is 7.82 Å². The van der Waals surface area contributed by atoms with E-state index in [0.29, 0.717) is 35.4 Å². The van der Waals surface area contributed by atoms with Crippen LogP contribution in [0, 0.1) is 5.41 Å². The third-order valence-electron chi connectivity index (χ3n) is 5.58. The number of carbonyl (C=O) groups excluding carboxylic acids is 1. The van der Waals surface area contributed by atoms with Gasteiger partial charge in [0.1, 0.15) is 18.0 Å². The summed E-state index contributed by atoms with van der Waals surface area (Å²) in [4.78, 5) is 51.9. The van der Waals surface area contributed by atoms with E-state index < -0.39 is 18.8 Å². The van der Waals surface area contributed by atoms with Crippen molar-refractivity contribution in [1.82, 2.24) is 14.5 Å². The second-order valence-electron chi connectivity index (χ2n) is 11.9. The van der Waals surface area contributed by atoms with E-state index in [1.807, 2.05) is 41.5 Å². The molecule has 1 aromatic carbocycles. The number of hydrogen-bond acceptors (Lipinski definition) is 6. The molecular formula is C25H40N3O7P. The van der Waals surface area contributed by atoms with Crippen LogP contribution in [-0.4, -0.2) is 55.9 Å². The fourth-order valence-electron chi connectivity index (χ4n) is 3.80. The van der Waals surface area contributed by atoms with Gasteiger partial charge in [0.05, 0.1) is 23.7 Å². The molecule has 0 saturated carbocycles. The Kier molecular flexibility index (Phi) is 8.84. The number of nitrogens with zero attached hydrogens (tertiary/aromatic N) is 3.